The number of benzene rings is 1. The van der Waals surface area contributed by atoms with Crippen LogP contribution in [0.3, 0.4) is 0 Å². The summed E-state index contributed by atoms with van der Waals surface area (Å²) in [5.41, 5.74) is -0.633. The Bertz CT molecular complexity index is 837. The molecule has 2 amide bonds. The van der Waals surface area contributed by atoms with Crippen molar-refractivity contribution < 1.29 is 19.1 Å². The van der Waals surface area contributed by atoms with Gasteiger partial charge in [0.25, 0.3) is 0 Å². The summed E-state index contributed by atoms with van der Waals surface area (Å²) in [4.78, 5) is 32.7. The molecule has 2 heterocycles. The van der Waals surface area contributed by atoms with Gasteiger partial charge in [0.05, 0.1) is 6.54 Å². The molecule has 1 aromatic rings. The molecule has 1 aliphatic carbocycles. The number of ether oxygens (including phenoxy) is 2. The lowest BCUT2D eigenvalue weighted by Gasteiger charge is -2.37. The molecule has 3 aliphatic rings. The molecule has 0 spiro atoms. The first-order valence-electron chi connectivity index (χ1n) is 12.1. The summed E-state index contributed by atoms with van der Waals surface area (Å²) in [6.45, 7) is 9.20. The largest absolute Gasteiger partial charge is 0.488 e. The minimum absolute atomic E-state index is 0.00137. The van der Waals surface area contributed by atoms with Gasteiger partial charge in [0, 0.05) is 43.7 Å². The second kappa shape index (κ2) is 10.1. The van der Waals surface area contributed by atoms with E-state index in [2.05, 4.69) is 4.90 Å². The van der Waals surface area contributed by atoms with Crippen molar-refractivity contribution in [2.75, 3.05) is 32.7 Å². The summed E-state index contributed by atoms with van der Waals surface area (Å²) in [5, 5.41) is 0.634. The predicted octanol–water partition coefficient (Wildman–Crippen LogP) is 4.18. The van der Waals surface area contributed by atoms with Crippen LogP contribution >= 0.6 is 11.6 Å². The van der Waals surface area contributed by atoms with Crippen LogP contribution in [0, 0.1) is 0 Å². The van der Waals surface area contributed by atoms with Crippen molar-refractivity contribution in [3.05, 3.63) is 29.3 Å². The molecule has 0 radical (unpaired) electrons. The average molecular weight is 478 g/mol. The fraction of sp³-hybridized carbons (Fsp3) is 0.680. The van der Waals surface area contributed by atoms with E-state index < -0.39 is 17.7 Å². The van der Waals surface area contributed by atoms with E-state index in [1.807, 2.05) is 25.7 Å². The van der Waals surface area contributed by atoms with Crippen molar-refractivity contribution in [1.29, 1.82) is 0 Å². The predicted molar refractivity (Wildman–Crippen MR) is 128 cm³/mol. The van der Waals surface area contributed by atoms with E-state index in [0.717, 1.165) is 26.1 Å². The van der Waals surface area contributed by atoms with Gasteiger partial charge >= 0.3 is 6.09 Å². The number of nitrogens with zero attached hydrogens (tertiary/aromatic N) is 3. The zero-order chi connectivity index (χ0) is 23.6. The zero-order valence-electron chi connectivity index (χ0n) is 20.0. The van der Waals surface area contributed by atoms with E-state index in [9.17, 15) is 9.59 Å². The Kier molecular flexibility index (Phi) is 7.39. The summed E-state index contributed by atoms with van der Waals surface area (Å²) in [7, 11) is 0. The molecule has 0 bridgehead atoms. The first-order valence-corrected chi connectivity index (χ1v) is 12.5. The number of rotatable bonds is 4. The highest BCUT2D eigenvalue weighted by Crippen LogP contribution is 2.29. The van der Waals surface area contributed by atoms with Crippen molar-refractivity contribution >= 4 is 23.6 Å². The van der Waals surface area contributed by atoms with Gasteiger partial charge in [0.15, 0.2) is 0 Å². The summed E-state index contributed by atoms with van der Waals surface area (Å²) in [6.07, 6.45) is 4.51. The van der Waals surface area contributed by atoms with Crippen molar-refractivity contribution in [2.45, 2.75) is 76.7 Å². The fourth-order valence-corrected chi connectivity index (χ4v) is 4.96. The lowest BCUT2D eigenvalue weighted by Crippen LogP contribution is -2.50. The van der Waals surface area contributed by atoms with Crippen molar-refractivity contribution in [1.82, 2.24) is 14.7 Å². The van der Waals surface area contributed by atoms with Crippen LogP contribution in [-0.4, -0.2) is 83.2 Å². The highest BCUT2D eigenvalue weighted by molar-refractivity contribution is 6.30. The normalized spacial score (nSPS) is 24.8. The average Bonchev–Trinajstić information content (AvgIpc) is 2.98. The second-order valence-corrected chi connectivity index (χ2v) is 10.8. The van der Waals surface area contributed by atoms with Gasteiger partial charge in [-0.3, -0.25) is 14.6 Å². The van der Waals surface area contributed by atoms with E-state index in [1.165, 1.54) is 19.3 Å². The zero-order valence-corrected chi connectivity index (χ0v) is 20.7. The Morgan fingerprint density at radius 3 is 2.36 bits per heavy atom. The third-order valence-electron chi connectivity index (χ3n) is 6.73. The molecule has 8 heteroatoms. The topological polar surface area (TPSA) is 62.3 Å². The first kappa shape index (κ1) is 24.1. The Morgan fingerprint density at radius 2 is 1.73 bits per heavy atom. The molecule has 1 aromatic carbocycles. The molecule has 2 aliphatic heterocycles. The molecular formula is C25H36ClN3O4. The van der Waals surface area contributed by atoms with E-state index in [4.69, 9.17) is 21.1 Å². The lowest BCUT2D eigenvalue weighted by molar-refractivity contribution is -0.135. The molecule has 4 rings (SSSR count). The summed E-state index contributed by atoms with van der Waals surface area (Å²) >= 11 is 5.98. The summed E-state index contributed by atoms with van der Waals surface area (Å²) in [6, 6.07) is 7.25. The smallest absolute Gasteiger partial charge is 0.411 e. The Hall–Kier alpha value is -1.99. The lowest BCUT2D eigenvalue weighted by atomic mass is 9.91. The molecular weight excluding hydrogens is 442 g/mol. The van der Waals surface area contributed by atoms with Crippen LogP contribution in [-0.2, 0) is 9.53 Å². The minimum Gasteiger partial charge on any atom is -0.488 e. The van der Waals surface area contributed by atoms with Crippen molar-refractivity contribution in [3.63, 3.8) is 0 Å². The highest BCUT2D eigenvalue weighted by Gasteiger charge is 2.44. The monoisotopic (exact) mass is 477 g/mol. The molecule has 0 aromatic heterocycles. The number of hydrogen-bond donors (Lipinski definition) is 0. The number of likely N-dealkylation sites (tertiary alicyclic amines) is 1. The maximum absolute atomic E-state index is 13.6. The number of amides is 2. The number of carbonyl (C=O) groups is 2. The molecule has 2 saturated heterocycles. The van der Waals surface area contributed by atoms with Crippen LogP contribution in [0.2, 0.25) is 5.02 Å². The van der Waals surface area contributed by atoms with Crippen LogP contribution in [0.4, 0.5) is 4.79 Å². The van der Waals surface area contributed by atoms with E-state index >= 15 is 0 Å². The van der Waals surface area contributed by atoms with Crippen LogP contribution in [0.15, 0.2) is 24.3 Å². The number of hydrogen-bond acceptors (Lipinski definition) is 5. The minimum atomic E-state index is -0.633. The molecule has 2 atom stereocenters. The molecule has 3 fully saturated rings. The van der Waals surface area contributed by atoms with Gasteiger partial charge in [-0.25, -0.2) is 4.79 Å². The van der Waals surface area contributed by atoms with Gasteiger partial charge in [-0.2, -0.15) is 0 Å². The van der Waals surface area contributed by atoms with Crippen LogP contribution in [0.5, 0.6) is 5.75 Å². The molecule has 0 N–H and O–H groups in total. The molecule has 2 unspecified atom stereocenters. The van der Waals surface area contributed by atoms with Gasteiger partial charge in [0.1, 0.15) is 23.5 Å². The Balaban J connectivity index is 1.45. The van der Waals surface area contributed by atoms with Crippen molar-refractivity contribution in [3.8, 4) is 5.75 Å². The van der Waals surface area contributed by atoms with Crippen LogP contribution in [0.25, 0.3) is 0 Å². The Morgan fingerprint density at radius 1 is 1.00 bits per heavy atom. The van der Waals surface area contributed by atoms with Gasteiger partial charge in [-0.15, -0.1) is 0 Å². The van der Waals surface area contributed by atoms with E-state index in [-0.39, 0.29) is 12.0 Å². The fourth-order valence-electron chi connectivity index (χ4n) is 4.83. The molecule has 182 valence electrons. The molecule has 1 saturated carbocycles. The van der Waals surface area contributed by atoms with Gasteiger partial charge < -0.3 is 14.4 Å². The third kappa shape index (κ3) is 6.12. The summed E-state index contributed by atoms with van der Waals surface area (Å²) < 4.78 is 11.8. The van der Waals surface area contributed by atoms with E-state index in [1.54, 1.807) is 29.2 Å². The SMILES string of the molecule is CC(C)(C)OC(=O)N1CC(Oc2ccc(Cl)cc2)CC1C(=O)N1CCCN(C2CCC2)CC1. The van der Waals surface area contributed by atoms with Gasteiger partial charge in [-0.1, -0.05) is 18.0 Å². The van der Waals surface area contributed by atoms with Gasteiger partial charge in [-0.05, 0) is 64.3 Å². The van der Waals surface area contributed by atoms with Crippen LogP contribution in [0.1, 0.15) is 52.9 Å². The first-order chi connectivity index (χ1) is 15.7. The Labute approximate surface area is 201 Å². The number of carbonyl (C=O) groups excluding carboxylic acids is 2. The maximum atomic E-state index is 13.6. The van der Waals surface area contributed by atoms with Crippen LogP contribution < -0.4 is 4.74 Å². The standard InChI is InChI=1S/C25H36ClN3O4/c1-25(2,3)33-24(31)29-17-21(32-20-10-8-18(26)9-11-20)16-22(29)23(30)28-13-5-12-27(14-15-28)19-6-4-7-19/h8-11,19,21-22H,4-7,12-17H2,1-3H3. The second-order valence-electron chi connectivity index (χ2n) is 10.4. The molecule has 7 nitrogen and oxygen atoms in total. The van der Waals surface area contributed by atoms with Gasteiger partial charge in [0.2, 0.25) is 5.91 Å². The quantitative estimate of drug-likeness (QED) is 0.650. The van der Waals surface area contributed by atoms with E-state index in [0.29, 0.717) is 36.3 Å². The molecule has 33 heavy (non-hydrogen) atoms. The maximum Gasteiger partial charge on any atom is 0.411 e. The van der Waals surface area contributed by atoms with Crippen molar-refractivity contribution in [2.24, 2.45) is 0 Å². The third-order valence-corrected chi connectivity index (χ3v) is 6.98. The highest BCUT2D eigenvalue weighted by atomic mass is 35.5. The number of halogens is 1. The summed E-state index contributed by atoms with van der Waals surface area (Å²) in [5.74, 6) is 0.672.